The van der Waals surface area contributed by atoms with Gasteiger partial charge in [-0.15, -0.1) is 0 Å². The Bertz CT molecular complexity index is 1570. The SMILES string of the molecule is C=C(O)[C@@H](C)CCCC(C)[C@H]1CCC2C3=CCC4CC(=O)CC[C@]4(C)C3CC[C@@]21C.CC(CCC[C@H](C)C(=O)O)[C@H]1CCC2C3=CCC4CC(=O)CC[C@]4(C)C3CC[C@@]21C. The van der Waals surface area contributed by atoms with Crippen LogP contribution < -0.4 is 0 Å². The van der Waals surface area contributed by atoms with Crippen LogP contribution in [0.1, 0.15) is 197 Å². The summed E-state index contributed by atoms with van der Waals surface area (Å²) in [5.41, 5.74) is 5.15. The van der Waals surface area contributed by atoms with Gasteiger partial charge < -0.3 is 10.2 Å². The van der Waals surface area contributed by atoms with Crippen LogP contribution in [0.25, 0.3) is 0 Å². The fourth-order valence-electron chi connectivity index (χ4n) is 16.7. The van der Waals surface area contributed by atoms with Crippen molar-refractivity contribution >= 4 is 17.5 Å². The second-order valence-corrected chi connectivity index (χ2v) is 23.9. The second kappa shape index (κ2) is 17.8. The predicted molar refractivity (Wildman–Crippen MR) is 244 cm³/mol. The van der Waals surface area contributed by atoms with Crippen LogP contribution in [-0.2, 0) is 14.4 Å². The molecular weight excluding hydrogens is 741 g/mol. The molecule has 6 saturated carbocycles. The van der Waals surface area contributed by atoms with Crippen molar-refractivity contribution in [2.75, 3.05) is 0 Å². The Morgan fingerprint density at radius 1 is 0.600 bits per heavy atom. The van der Waals surface area contributed by atoms with Gasteiger partial charge >= 0.3 is 5.97 Å². The number of carboxylic acids is 1. The molecule has 5 heteroatoms. The molecule has 6 fully saturated rings. The van der Waals surface area contributed by atoms with Crippen molar-refractivity contribution in [1.29, 1.82) is 0 Å². The number of carbonyl (C=O) groups is 3. The number of hydrogen-bond donors (Lipinski definition) is 2. The molecule has 0 aromatic heterocycles. The van der Waals surface area contributed by atoms with E-state index in [1.807, 2.05) is 6.92 Å². The van der Waals surface area contributed by atoms with E-state index in [4.69, 9.17) is 5.11 Å². The fourth-order valence-corrected chi connectivity index (χ4v) is 16.7. The first-order valence-electron chi connectivity index (χ1n) is 25.4. The molecule has 0 saturated heterocycles. The summed E-state index contributed by atoms with van der Waals surface area (Å²) in [6.07, 6.45) is 30.2. The molecule has 16 atom stereocenters. The van der Waals surface area contributed by atoms with Crippen molar-refractivity contribution < 1.29 is 24.6 Å². The number of aliphatic hydroxyl groups excluding tert-OH is 1. The molecule has 0 radical (unpaired) electrons. The first kappa shape index (κ1) is 45.8. The largest absolute Gasteiger partial charge is 0.513 e. The quantitative estimate of drug-likeness (QED) is 0.151. The number of hydrogen-bond acceptors (Lipinski definition) is 4. The summed E-state index contributed by atoms with van der Waals surface area (Å²) in [6.45, 7) is 22.7. The number of carbonyl (C=O) groups excluding carboxylic acids is 2. The highest BCUT2D eigenvalue weighted by Crippen LogP contribution is 2.68. The third kappa shape index (κ3) is 8.34. The summed E-state index contributed by atoms with van der Waals surface area (Å²) in [7, 11) is 0. The first-order valence-corrected chi connectivity index (χ1v) is 25.4. The lowest BCUT2D eigenvalue weighted by molar-refractivity contribution is -0.141. The Morgan fingerprint density at radius 3 is 1.40 bits per heavy atom. The lowest BCUT2D eigenvalue weighted by Gasteiger charge is -2.57. The van der Waals surface area contributed by atoms with Gasteiger partial charge in [0.05, 0.1) is 11.7 Å². The number of rotatable bonds is 12. The Labute approximate surface area is 365 Å². The number of Topliss-reactive ketones (excluding diaryl/α,β-unsaturated/α-hetero) is 2. The van der Waals surface area contributed by atoms with Crippen LogP contribution in [-0.4, -0.2) is 27.7 Å². The number of aliphatic carboxylic acids is 1. The molecule has 8 rings (SSSR count). The topological polar surface area (TPSA) is 91.7 Å². The third-order valence-electron chi connectivity index (χ3n) is 20.9. The van der Waals surface area contributed by atoms with Gasteiger partial charge in [-0.05, 0) is 171 Å². The van der Waals surface area contributed by atoms with Gasteiger partial charge in [-0.1, -0.05) is 111 Å². The standard InChI is InChI=1S/C28H44O2.C27H42O3/c1-18(20(3)29)7-6-8-19(2)24-11-12-25-23-10-9-21-17-22(30)13-15-27(21,4)26(23)14-16-28(24,25)5;1-17(6-5-7-18(2)25(29)30)22-10-11-23-21-9-8-19-16-20(28)12-14-26(19,3)24(21)13-15-27(22,23)4/h10,18-19,21,24-26,29H,3,6-9,11-17H2,1-2,4-5H3;9,17-19,22-24H,5-8,10-16H2,1-4H3,(H,29,30)/t18-,19?,21?,24+,25?,26?,27-,28+;17?,18-,19?,22+,23?,24?,26-,27+/m00/s1. The van der Waals surface area contributed by atoms with Gasteiger partial charge in [-0.2, -0.15) is 0 Å². The Morgan fingerprint density at radius 2 is 1.00 bits per heavy atom. The average Bonchev–Trinajstić information content (AvgIpc) is 3.75. The molecule has 8 aliphatic carbocycles. The van der Waals surface area contributed by atoms with Gasteiger partial charge in [0.2, 0.25) is 0 Å². The Balaban J connectivity index is 0.000000181. The highest BCUT2D eigenvalue weighted by Gasteiger charge is 2.60. The molecule has 0 aromatic carbocycles. The lowest BCUT2D eigenvalue weighted by Crippen LogP contribution is -2.49. The minimum Gasteiger partial charge on any atom is -0.513 e. The van der Waals surface area contributed by atoms with Crippen LogP contribution in [0.2, 0.25) is 0 Å². The highest BCUT2D eigenvalue weighted by molar-refractivity contribution is 5.80. The van der Waals surface area contributed by atoms with Crippen molar-refractivity contribution in [3.63, 3.8) is 0 Å². The van der Waals surface area contributed by atoms with E-state index in [1.165, 1.54) is 64.2 Å². The molecule has 0 amide bonds. The molecule has 60 heavy (non-hydrogen) atoms. The van der Waals surface area contributed by atoms with Gasteiger partial charge in [0.25, 0.3) is 0 Å². The highest BCUT2D eigenvalue weighted by atomic mass is 16.4. The van der Waals surface area contributed by atoms with Crippen molar-refractivity contribution in [1.82, 2.24) is 0 Å². The van der Waals surface area contributed by atoms with Gasteiger partial charge in [0.1, 0.15) is 11.6 Å². The molecule has 0 spiro atoms. The molecule has 5 nitrogen and oxygen atoms in total. The Hall–Kier alpha value is -2.17. The van der Waals surface area contributed by atoms with E-state index in [-0.39, 0.29) is 11.8 Å². The minimum absolute atomic E-state index is 0.219. The van der Waals surface area contributed by atoms with E-state index in [1.54, 1.807) is 11.1 Å². The summed E-state index contributed by atoms with van der Waals surface area (Å²) in [4.78, 5) is 35.3. The zero-order chi connectivity index (χ0) is 43.4. The zero-order valence-electron chi connectivity index (χ0n) is 39.5. The molecule has 0 heterocycles. The Kier molecular flexibility index (Phi) is 13.6. The summed E-state index contributed by atoms with van der Waals surface area (Å²) >= 11 is 0. The van der Waals surface area contributed by atoms with E-state index in [9.17, 15) is 19.5 Å². The number of fused-ring (bicyclic) bond motifs is 10. The summed E-state index contributed by atoms with van der Waals surface area (Å²) < 4.78 is 0. The van der Waals surface area contributed by atoms with Crippen LogP contribution in [0.4, 0.5) is 0 Å². The molecular formula is C55H86O5. The van der Waals surface area contributed by atoms with E-state index < -0.39 is 5.97 Å². The minimum atomic E-state index is -0.658. The fraction of sp³-hybridized carbons (Fsp3) is 0.836. The molecule has 0 aromatic rings. The predicted octanol–water partition coefficient (Wildman–Crippen LogP) is 14.3. The van der Waals surface area contributed by atoms with E-state index >= 15 is 0 Å². The van der Waals surface area contributed by atoms with Gasteiger partial charge in [0.15, 0.2) is 0 Å². The van der Waals surface area contributed by atoms with E-state index in [0.29, 0.717) is 62.7 Å². The van der Waals surface area contributed by atoms with Crippen LogP contribution in [0, 0.1) is 92.7 Å². The first-order chi connectivity index (χ1) is 28.3. The molecule has 336 valence electrons. The van der Waals surface area contributed by atoms with Crippen LogP contribution >= 0.6 is 0 Å². The smallest absolute Gasteiger partial charge is 0.306 e. The van der Waals surface area contributed by atoms with E-state index in [0.717, 1.165) is 113 Å². The summed E-state index contributed by atoms with van der Waals surface area (Å²) in [6, 6.07) is 0. The average molecular weight is 827 g/mol. The van der Waals surface area contributed by atoms with Crippen molar-refractivity contribution in [2.45, 2.75) is 197 Å². The second-order valence-electron chi connectivity index (χ2n) is 23.9. The molecule has 0 bridgehead atoms. The van der Waals surface area contributed by atoms with Crippen molar-refractivity contribution in [2.24, 2.45) is 92.7 Å². The molecule has 0 aliphatic heterocycles. The monoisotopic (exact) mass is 827 g/mol. The number of allylic oxidation sites excluding steroid dienone is 5. The number of aliphatic hydroxyl groups is 1. The van der Waals surface area contributed by atoms with Gasteiger partial charge in [-0.25, -0.2) is 0 Å². The molecule has 2 N–H and O–H groups in total. The third-order valence-corrected chi connectivity index (χ3v) is 20.9. The number of ketones is 2. The van der Waals surface area contributed by atoms with Crippen molar-refractivity contribution in [3.05, 3.63) is 35.6 Å². The zero-order valence-corrected chi connectivity index (χ0v) is 39.5. The normalized spacial score (nSPS) is 42.5. The van der Waals surface area contributed by atoms with Crippen molar-refractivity contribution in [3.8, 4) is 0 Å². The maximum absolute atomic E-state index is 12.1. The molecule has 8 aliphatic rings. The summed E-state index contributed by atoms with van der Waals surface area (Å²) in [5, 5.41) is 18.8. The van der Waals surface area contributed by atoms with Crippen LogP contribution in [0.5, 0.6) is 0 Å². The van der Waals surface area contributed by atoms with Gasteiger partial charge in [0, 0.05) is 31.6 Å². The maximum Gasteiger partial charge on any atom is 0.306 e. The van der Waals surface area contributed by atoms with Gasteiger partial charge in [-0.3, -0.25) is 14.4 Å². The summed E-state index contributed by atoms with van der Waals surface area (Å²) in [5.74, 6) is 7.82. The van der Waals surface area contributed by atoms with Crippen LogP contribution in [0.3, 0.4) is 0 Å². The van der Waals surface area contributed by atoms with Crippen LogP contribution in [0.15, 0.2) is 35.6 Å². The molecule has 8 unspecified atom stereocenters. The lowest BCUT2D eigenvalue weighted by atomic mass is 9.47. The van der Waals surface area contributed by atoms with E-state index in [2.05, 4.69) is 67.2 Å². The maximum atomic E-state index is 12.1. The number of carboxylic acid groups (broad SMARTS) is 1.